The van der Waals surface area contributed by atoms with Crippen LogP contribution in [-0.4, -0.2) is 26.1 Å². The van der Waals surface area contributed by atoms with Crippen LogP contribution in [0, 0.1) is 0 Å². The number of hydrogen-bond acceptors (Lipinski definition) is 5. The van der Waals surface area contributed by atoms with Crippen molar-refractivity contribution in [3.63, 3.8) is 0 Å². The Hall–Kier alpha value is -1.14. The fourth-order valence-electron chi connectivity index (χ4n) is 2.54. The van der Waals surface area contributed by atoms with Crippen molar-refractivity contribution in [2.24, 2.45) is 5.84 Å². The number of para-hydroxylation sites is 1. The Morgan fingerprint density at radius 3 is 2.70 bits per heavy atom. The number of nitrogens with one attached hydrogen (secondary N) is 1. The summed E-state index contributed by atoms with van der Waals surface area (Å²) < 4.78 is 17.2. The number of benzene rings is 1. The van der Waals surface area contributed by atoms with Crippen LogP contribution in [0.3, 0.4) is 0 Å². The molecule has 1 aliphatic rings. The summed E-state index contributed by atoms with van der Waals surface area (Å²) in [6.07, 6.45) is 1.67. The Morgan fingerprint density at radius 1 is 1.30 bits per heavy atom. The molecule has 1 aromatic carbocycles. The Balaban J connectivity index is 2.30. The Kier molecular flexibility index (Phi) is 5.79. The van der Waals surface area contributed by atoms with Gasteiger partial charge in [0.1, 0.15) is 11.8 Å². The highest BCUT2D eigenvalue weighted by Gasteiger charge is 2.28. The number of hydrogen-bond donors (Lipinski definition) is 2. The third-order valence-corrected chi connectivity index (χ3v) is 3.41. The summed E-state index contributed by atoms with van der Waals surface area (Å²) in [7, 11) is 0. The smallest absolute Gasteiger partial charge is 0.178 e. The van der Waals surface area contributed by atoms with Gasteiger partial charge in [-0.1, -0.05) is 18.2 Å². The van der Waals surface area contributed by atoms with E-state index < -0.39 is 6.29 Å². The standard InChI is InChI=1S/C15H24N2O3/c1-3-18-15(19-4-2)13(17-16)12-9-5-7-11-8-6-10-20-14(11)12/h5,7,9,13,15,17H,3-4,6,8,10,16H2,1-2H3. The summed E-state index contributed by atoms with van der Waals surface area (Å²) in [5, 5.41) is 0. The van der Waals surface area contributed by atoms with E-state index in [0.29, 0.717) is 13.2 Å². The maximum atomic E-state index is 5.84. The molecule has 0 saturated heterocycles. The topological polar surface area (TPSA) is 65.7 Å². The zero-order valence-corrected chi connectivity index (χ0v) is 12.2. The second-order valence-electron chi connectivity index (χ2n) is 4.71. The van der Waals surface area contributed by atoms with Gasteiger partial charge >= 0.3 is 0 Å². The molecule has 0 fully saturated rings. The van der Waals surface area contributed by atoms with Crippen LogP contribution < -0.4 is 16.0 Å². The van der Waals surface area contributed by atoms with Gasteiger partial charge in [-0.25, -0.2) is 5.43 Å². The molecule has 112 valence electrons. The highest BCUT2D eigenvalue weighted by atomic mass is 16.7. The van der Waals surface area contributed by atoms with Gasteiger partial charge in [-0.2, -0.15) is 0 Å². The molecule has 0 bridgehead atoms. The summed E-state index contributed by atoms with van der Waals surface area (Å²) in [5.74, 6) is 6.66. The molecule has 5 heteroatoms. The lowest BCUT2D eigenvalue weighted by Crippen LogP contribution is -2.40. The molecule has 0 aromatic heterocycles. The molecule has 0 radical (unpaired) electrons. The van der Waals surface area contributed by atoms with Crippen molar-refractivity contribution in [3.05, 3.63) is 29.3 Å². The van der Waals surface area contributed by atoms with Gasteiger partial charge in [0.2, 0.25) is 0 Å². The van der Waals surface area contributed by atoms with Gasteiger partial charge in [0.05, 0.1) is 6.61 Å². The lowest BCUT2D eigenvalue weighted by atomic mass is 9.98. The molecule has 3 N–H and O–H groups in total. The molecule has 1 aromatic rings. The van der Waals surface area contributed by atoms with E-state index in [1.807, 2.05) is 26.0 Å². The summed E-state index contributed by atoms with van der Waals surface area (Å²) >= 11 is 0. The first-order valence-corrected chi connectivity index (χ1v) is 7.25. The maximum Gasteiger partial charge on any atom is 0.178 e. The molecule has 1 aliphatic heterocycles. The van der Waals surface area contributed by atoms with Gasteiger partial charge in [0.25, 0.3) is 0 Å². The van der Waals surface area contributed by atoms with Crippen molar-refractivity contribution in [1.29, 1.82) is 0 Å². The Labute approximate surface area is 120 Å². The molecule has 0 amide bonds. The van der Waals surface area contributed by atoms with Crippen LogP contribution in [-0.2, 0) is 15.9 Å². The average Bonchev–Trinajstić information content (AvgIpc) is 2.49. The maximum absolute atomic E-state index is 5.84. The van der Waals surface area contributed by atoms with E-state index in [1.54, 1.807) is 0 Å². The van der Waals surface area contributed by atoms with Gasteiger partial charge in [-0.15, -0.1) is 0 Å². The fourth-order valence-corrected chi connectivity index (χ4v) is 2.54. The zero-order chi connectivity index (χ0) is 14.4. The number of rotatable bonds is 7. The normalized spacial score (nSPS) is 15.8. The predicted octanol–water partition coefficient (Wildman–Crippen LogP) is 1.92. The van der Waals surface area contributed by atoms with Crippen molar-refractivity contribution >= 4 is 0 Å². The van der Waals surface area contributed by atoms with E-state index >= 15 is 0 Å². The predicted molar refractivity (Wildman–Crippen MR) is 77.4 cm³/mol. The second-order valence-corrected chi connectivity index (χ2v) is 4.71. The molecule has 1 unspecified atom stereocenters. The van der Waals surface area contributed by atoms with Crippen LogP contribution in [0.4, 0.5) is 0 Å². The highest BCUT2D eigenvalue weighted by Crippen LogP contribution is 2.34. The number of fused-ring (bicyclic) bond motifs is 1. The van der Waals surface area contributed by atoms with Gasteiger partial charge < -0.3 is 14.2 Å². The average molecular weight is 280 g/mol. The largest absolute Gasteiger partial charge is 0.493 e. The minimum atomic E-state index is -0.424. The van der Waals surface area contributed by atoms with Crippen LogP contribution in [0.5, 0.6) is 5.75 Å². The summed E-state index contributed by atoms with van der Waals surface area (Å²) in [6.45, 7) is 5.76. The van der Waals surface area contributed by atoms with Gasteiger partial charge in [0, 0.05) is 18.8 Å². The first-order chi connectivity index (χ1) is 9.81. The molecule has 1 heterocycles. The van der Waals surface area contributed by atoms with Crippen LogP contribution in [0.15, 0.2) is 18.2 Å². The van der Waals surface area contributed by atoms with E-state index in [4.69, 9.17) is 20.1 Å². The van der Waals surface area contributed by atoms with Crippen molar-refractivity contribution in [2.45, 2.75) is 39.0 Å². The number of nitrogens with two attached hydrogens (primary N) is 1. The third-order valence-electron chi connectivity index (χ3n) is 3.41. The number of aryl methyl sites for hydroxylation is 1. The molecule has 0 spiro atoms. The molecular formula is C15H24N2O3. The monoisotopic (exact) mass is 280 g/mol. The molecule has 0 saturated carbocycles. The Bertz CT molecular complexity index is 420. The minimum Gasteiger partial charge on any atom is -0.493 e. The van der Waals surface area contributed by atoms with Crippen molar-refractivity contribution in [2.75, 3.05) is 19.8 Å². The second kappa shape index (κ2) is 7.59. The lowest BCUT2D eigenvalue weighted by molar-refractivity contribution is -0.155. The van der Waals surface area contributed by atoms with Crippen LogP contribution in [0.2, 0.25) is 0 Å². The van der Waals surface area contributed by atoms with Gasteiger partial charge in [0.15, 0.2) is 6.29 Å². The van der Waals surface area contributed by atoms with Gasteiger partial charge in [-0.3, -0.25) is 5.84 Å². The quantitative estimate of drug-likeness (QED) is 0.454. The van der Waals surface area contributed by atoms with E-state index in [1.165, 1.54) is 5.56 Å². The van der Waals surface area contributed by atoms with Crippen molar-refractivity contribution in [1.82, 2.24) is 5.43 Å². The summed E-state index contributed by atoms with van der Waals surface area (Å²) in [5.41, 5.74) is 5.03. The summed E-state index contributed by atoms with van der Waals surface area (Å²) in [6, 6.07) is 5.90. The molecule has 2 rings (SSSR count). The van der Waals surface area contributed by atoms with Crippen molar-refractivity contribution in [3.8, 4) is 5.75 Å². The van der Waals surface area contributed by atoms with Crippen molar-refractivity contribution < 1.29 is 14.2 Å². The van der Waals surface area contributed by atoms with Gasteiger partial charge in [-0.05, 0) is 32.3 Å². The SMILES string of the molecule is CCOC(OCC)C(NN)c1cccc2c1OCCC2. The zero-order valence-electron chi connectivity index (χ0n) is 12.2. The van der Waals surface area contributed by atoms with E-state index in [-0.39, 0.29) is 6.04 Å². The lowest BCUT2D eigenvalue weighted by Gasteiger charge is -2.29. The highest BCUT2D eigenvalue weighted by molar-refractivity contribution is 5.44. The first-order valence-electron chi connectivity index (χ1n) is 7.25. The van der Waals surface area contributed by atoms with E-state index in [9.17, 15) is 0 Å². The van der Waals surface area contributed by atoms with Crippen LogP contribution in [0.1, 0.15) is 37.4 Å². The molecule has 5 nitrogen and oxygen atoms in total. The first kappa shape index (κ1) is 15.3. The fraction of sp³-hybridized carbons (Fsp3) is 0.600. The molecule has 1 atom stereocenters. The number of hydrazine groups is 1. The molecular weight excluding hydrogens is 256 g/mol. The van der Waals surface area contributed by atoms with Crippen LogP contribution in [0.25, 0.3) is 0 Å². The van der Waals surface area contributed by atoms with E-state index in [0.717, 1.165) is 30.8 Å². The molecule has 0 aliphatic carbocycles. The van der Waals surface area contributed by atoms with Crippen LogP contribution >= 0.6 is 0 Å². The summed E-state index contributed by atoms with van der Waals surface area (Å²) in [4.78, 5) is 0. The Morgan fingerprint density at radius 2 is 2.05 bits per heavy atom. The number of ether oxygens (including phenoxy) is 3. The van der Waals surface area contributed by atoms with E-state index in [2.05, 4.69) is 11.5 Å². The molecule has 20 heavy (non-hydrogen) atoms. The third kappa shape index (κ3) is 3.30. The minimum absolute atomic E-state index is 0.247.